The molecular weight excluding hydrogens is 344 g/mol. The third kappa shape index (κ3) is 4.95. The second kappa shape index (κ2) is 9.58. The monoisotopic (exact) mass is 380 g/mol. The van der Waals surface area contributed by atoms with Gasteiger partial charge in [-0.1, -0.05) is 30.3 Å². The van der Waals surface area contributed by atoms with E-state index in [0.29, 0.717) is 0 Å². The largest absolute Gasteiger partial charge is 0.494 e. The summed E-state index contributed by atoms with van der Waals surface area (Å²) in [6.45, 7) is 9.22. The van der Waals surface area contributed by atoms with Crippen molar-refractivity contribution in [3.63, 3.8) is 0 Å². The summed E-state index contributed by atoms with van der Waals surface area (Å²) in [6.07, 6.45) is 5.56. The van der Waals surface area contributed by atoms with Gasteiger partial charge in [0, 0.05) is 5.56 Å². The van der Waals surface area contributed by atoms with Crippen molar-refractivity contribution in [2.75, 3.05) is 32.8 Å². The van der Waals surface area contributed by atoms with Crippen molar-refractivity contribution >= 4 is 0 Å². The van der Waals surface area contributed by atoms with E-state index < -0.39 is 0 Å². The molecule has 2 aromatic rings. The molecule has 4 rings (SSSR count). The molecule has 28 heavy (non-hydrogen) atoms. The Hall–Kier alpha value is -1.84. The number of ether oxygens (including phenoxy) is 1. The predicted molar refractivity (Wildman–Crippen MR) is 114 cm³/mol. The maximum atomic E-state index is 5.56. The van der Waals surface area contributed by atoms with E-state index in [2.05, 4.69) is 54.6 Å². The van der Waals surface area contributed by atoms with Crippen LogP contribution in [0.3, 0.4) is 0 Å². The van der Waals surface area contributed by atoms with E-state index in [0.717, 1.165) is 30.9 Å². The molecule has 2 aromatic carbocycles. The Morgan fingerprint density at radius 3 is 2.14 bits per heavy atom. The van der Waals surface area contributed by atoms with Crippen LogP contribution < -0.4 is 14.5 Å². The van der Waals surface area contributed by atoms with E-state index in [1.54, 1.807) is 10.5 Å². The van der Waals surface area contributed by atoms with Gasteiger partial charge in [-0.2, -0.15) is 0 Å². The summed E-state index contributed by atoms with van der Waals surface area (Å²) in [6, 6.07) is 20.8. The Kier molecular flexibility index (Phi) is 6.66. The molecule has 1 aliphatic heterocycles. The van der Waals surface area contributed by atoms with Crippen molar-refractivity contribution in [3.8, 4) is 5.75 Å². The lowest BCUT2D eigenvalue weighted by Crippen LogP contribution is -3.29. The number of rotatable bonds is 6. The van der Waals surface area contributed by atoms with Crippen molar-refractivity contribution in [2.24, 2.45) is 0 Å². The zero-order valence-corrected chi connectivity index (χ0v) is 17.3. The summed E-state index contributed by atoms with van der Waals surface area (Å²) in [5.41, 5.74) is 2.99. The second-order valence-electron chi connectivity index (χ2n) is 8.62. The second-order valence-corrected chi connectivity index (χ2v) is 8.62. The summed E-state index contributed by atoms with van der Waals surface area (Å²) in [4.78, 5) is 3.62. The highest BCUT2D eigenvalue weighted by Gasteiger charge is 2.33. The third-order valence-electron chi connectivity index (χ3n) is 6.86. The molecule has 0 radical (unpaired) electrons. The first-order valence-electron chi connectivity index (χ1n) is 11.3. The van der Waals surface area contributed by atoms with Gasteiger partial charge in [0.25, 0.3) is 0 Å². The topological polar surface area (TPSA) is 18.1 Å². The van der Waals surface area contributed by atoms with Gasteiger partial charge in [0.15, 0.2) is 0 Å². The highest BCUT2D eigenvalue weighted by molar-refractivity contribution is 5.26. The molecule has 1 heterocycles. The van der Waals surface area contributed by atoms with Crippen molar-refractivity contribution in [2.45, 2.75) is 51.1 Å². The number of nitrogens with one attached hydrogen (secondary N) is 2. The smallest absolute Gasteiger partial charge is 0.127 e. The molecule has 1 saturated carbocycles. The molecule has 3 nitrogen and oxygen atoms in total. The van der Waals surface area contributed by atoms with E-state index >= 15 is 0 Å². The molecule has 1 saturated heterocycles. The number of hydrogen-bond donors (Lipinski definition) is 2. The van der Waals surface area contributed by atoms with Crippen LogP contribution in [0.4, 0.5) is 0 Å². The predicted octanol–water partition coefficient (Wildman–Crippen LogP) is 2.10. The Morgan fingerprint density at radius 1 is 0.821 bits per heavy atom. The minimum absolute atomic E-state index is 0.739. The van der Waals surface area contributed by atoms with Gasteiger partial charge in [-0.25, -0.2) is 0 Å². The Balaban J connectivity index is 1.21. The van der Waals surface area contributed by atoms with Crippen LogP contribution in [0.5, 0.6) is 5.75 Å². The van der Waals surface area contributed by atoms with Gasteiger partial charge in [0.2, 0.25) is 0 Å². The summed E-state index contributed by atoms with van der Waals surface area (Å²) < 4.78 is 5.56. The average molecular weight is 381 g/mol. The fourth-order valence-corrected chi connectivity index (χ4v) is 5.23. The molecule has 2 aliphatic rings. The van der Waals surface area contributed by atoms with Crippen molar-refractivity contribution < 1.29 is 14.5 Å². The van der Waals surface area contributed by atoms with Crippen molar-refractivity contribution in [1.82, 2.24) is 0 Å². The van der Waals surface area contributed by atoms with Gasteiger partial charge >= 0.3 is 0 Å². The third-order valence-corrected chi connectivity index (χ3v) is 6.86. The number of quaternary nitrogens is 2. The Labute approximate surface area is 170 Å². The highest BCUT2D eigenvalue weighted by Crippen LogP contribution is 2.31. The fourth-order valence-electron chi connectivity index (χ4n) is 5.23. The lowest BCUT2D eigenvalue weighted by atomic mass is 9.81. The molecule has 0 bridgehead atoms. The molecule has 150 valence electrons. The summed E-state index contributed by atoms with van der Waals surface area (Å²) in [5.74, 6) is 1.78. The molecule has 0 unspecified atom stereocenters. The molecule has 0 atom stereocenters. The van der Waals surface area contributed by atoms with E-state index in [1.165, 1.54) is 57.4 Å². The molecule has 0 amide bonds. The maximum Gasteiger partial charge on any atom is 0.127 e. The van der Waals surface area contributed by atoms with Crippen LogP contribution in [0.1, 0.15) is 49.7 Å². The zero-order valence-electron chi connectivity index (χ0n) is 17.3. The fraction of sp³-hybridized carbons (Fsp3) is 0.520. The van der Waals surface area contributed by atoms with E-state index in [-0.39, 0.29) is 0 Å². The standard InChI is InChI=1S/C25H34N2O/c1-2-28-25-14-8-21(9-15-25)20-26-16-18-27(19-17-26)24-12-10-23(11-13-24)22-6-4-3-5-7-22/h3-9,14-15,23-24H,2,10-13,16-20H2,1H3/p+2. The van der Waals surface area contributed by atoms with Gasteiger partial charge in [-0.15, -0.1) is 0 Å². The lowest BCUT2D eigenvalue weighted by Gasteiger charge is -2.38. The first-order chi connectivity index (χ1) is 13.8. The highest BCUT2D eigenvalue weighted by atomic mass is 16.5. The van der Waals surface area contributed by atoms with Crippen LogP contribution in [-0.4, -0.2) is 38.8 Å². The normalized spacial score (nSPS) is 28.0. The molecule has 2 fully saturated rings. The molecule has 1 aliphatic carbocycles. The van der Waals surface area contributed by atoms with E-state index in [9.17, 15) is 0 Å². The van der Waals surface area contributed by atoms with Gasteiger partial charge in [-0.3, -0.25) is 0 Å². The first-order valence-corrected chi connectivity index (χ1v) is 11.3. The van der Waals surface area contributed by atoms with Gasteiger partial charge in [0.1, 0.15) is 38.5 Å². The van der Waals surface area contributed by atoms with Crippen LogP contribution in [-0.2, 0) is 6.54 Å². The van der Waals surface area contributed by atoms with Gasteiger partial charge in [-0.05, 0) is 68.4 Å². The Morgan fingerprint density at radius 2 is 1.50 bits per heavy atom. The minimum Gasteiger partial charge on any atom is -0.494 e. The minimum atomic E-state index is 0.739. The summed E-state index contributed by atoms with van der Waals surface area (Å²) in [7, 11) is 0. The summed E-state index contributed by atoms with van der Waals surface area (Å²) >= 11 is 0. The van der Waals surface area contributed by atoms with Crippen LogP contribution in [0.25, 0.3) is 0 Å². The quantitative estimate of drug-likeness (QED) is 0.785. The lowest BCUT2D eigenvalue weighted by molar-refractivity contribution is -1.03. The van der Waals surface area contributed by atoms with Gasteiger partial charge in [0.05, 0.1) is 12.6 Å². The SMILES string of the molecule is CCOc1ccc(C[NH+]2CC[NH+](C3CCC(c4ccccc4)CC3)CC2)cc1. The maximum absolute atomic E-state index is 5.56. The number of piperazine rings is 1. The van der Waals surface area contributed by atoms with Crippen molar-refractivity contribution in [1.29, 1.82) is 0 Å². The molecule has 2 N–H and O–H groups in total. The molecule has 0 aromatic heterocycles. The van der Waals surface area contributed by atoms with Crippen molar-refractivity contribution in [3.05, 3.63) is 65.7 Å². The number of benzene rings is 2. The zero-order chi connectivity index (χ0) is 19.2. The molecule has 0 spiro atoms. The van der Waals surface area contributed by atoms with E-state index in [1.807, 2.05) is 11.8 Å². The summed E-state index contributed by atoms with van der Waals surface area (Å²) in [5, 5.41) is 0. The first kappa shape index (κ1) is 19.5. The Bertz CT molecular complexity index is 699. The van der Waals surface area contributed by atoms with Gasteiger partial charge < -0.3 is 14.5 Å². The molecular formula is C25H36N2O+2. The average Bonchev–Trinajstić information content (AvgIpc) is 2.77. The van der Waals surface area contributed by atoms with Crippen LogP contribution in [0, 0.1) is 0 Å². The van der Waals surface area contributed by atoms with Crippen LogP contribution >= 0.6 is 0 Å². The van der Waals surface area contributed by atoms with Crippen LogP contribution in [0.15, 0.2) is 54.6 Å². The van der Waals surface area contributed by atoms with E-state index in [4.69, 9.17) is 4.74 Å². The van der Waals surface area contributed by atoms with Crippen LogP contribution in [0.2, 0.25) is 0 Å². The number of hydrogen-bond acceptors (Lipinski definition) is 1. The molecule has 3 heteroatoms.